The summed E-state index contributed by atoms with van der Waals surface area (Å²) >= 11 is 0. The van der Waals surface area contributed by atoms with E-state index < -0.39 is 37.5 Å². The number of carbonyl (C=O) groups is 1. The third kappa shape index (κ3) is 7.84. The zero-order chi connectivity index (χ0) is 21.7. The smallest absolute Gasteiger partial charge is 0.422 e. The highest BCUT2D eigenvalue weighted by Gasteiger charge is 2.29. The van der Waals surface area contributed by atoms with E-state index in [4.69, 9.17) is 0 Å². The van der Waals surface area contributed by atoms with Gasteiger partial charge in [0, 0.05) is 0 Å². The van der Waals surface area contributed by atoms with E-state index in [1.165, 1.54) is 24.3 Å². The normalized spacial score (nSPS) is 12.9. The van der Waals surface area contributed by atoms with Crippen LogP contribution in [0.1, 0.15) is 29.1 Å². The zero-order valence-corrected chi connectivity index (χ0v) is 14.8. The molecule has 0 aliphatic carbocycles. The first-order chi connectivity index (χ1) is 13.4. The Morgan fingerprint density at radius 1 is 0.931 bits per heavy atom. The van der Waals surface area contributed by atoms with E-state index in [0.717, 1.165) is 12.4 Å². The van der Waals surface area contributed by atoms with Crippen LogP contribution in [0.4, 0.5) is 26.3 Å². The molecule has 1 N–H and O–H groups in total. The summed E-state index contributed by atoms with van der Waals surface area (Å²) in [6.45, 7) is -1.35. The fourth-order valence-electron chi connectivity index (χ4n) is 2.01. The summed E-state index contributed by atoms with van der Waals surface area (Å²) in [5, 5.41) is 2.56. The van der Waals surface area contributed by atoms with Crippen LogP contribution in [-0.2, 0) is 0 Å². The quantitative estimate of drug-likeness (QED) is 0.685. The number of amides is 1. The molecule has 0 aliphatic heterocycles. The second-order valence-corrected chi connectivity index (χ2v) is 5.80. The van der Waals surface area contributed by atoms with Gasteiger partial charge in [0.15, 0.2) is 13.2 Å². The summed E-state index contributed by atoms with van der Waals surface area (Å²) in [6.07, 6.45) is -6.89. The first kappa shape index (κ1) is 22.2. The van der Waals surface area contributed by atoms with Gasteiger partial charge in [-0.1, -0.05) is 0 Å². The molecule has 0 fully saturated rings. The molecule has 0 bridgehead atoms. The number of hydrogen-bond acceptors (Lipinski definition) is 5. The molecule has 0 saturated heterocycles. The Hall–Kier alpha value is -3.05. The van der Waals surface area contributed by atoms with E-state index >= 15 is 0 Å². The van der Waals surface area contributed by atoms with Crippen molar-refractivity contribution < 1.29 is 40.6 Å². The predicted octanol–water partition coefficient (Wildman–Crippen LogP) is 3.85. The summed E-state index contributed by atoms with van der Waals surface area (Å²) < 4.78 is 81.7. The van der Waals surface area contributed by atoms with E-state index in [1.54, 1.807) is 6.92 Å². The lowest BCUT2D eigenvalue weighted by Crippen LogP contribution is -2.28. The molecule has 1 amide bonds. The molecule has 0 saturated carbocycles. The van der Waals surface area contributed by atoms with Crippen molar-refractivity contribution >= 4 is 5.91 Å². The minimum Gasteiger partial charge on any atom is -0.483 e. The molecule has 29 heavy (non-hydrogen) atoms. The van der Waals surface area contributed by atoms with Crippen LogP contribution in [0, 0.1) is 0 Å². The molecule has 2 aromatic heterocycles. The van der Waals surface area contributed by atoms with Crippen molar-refractivity contribution in [1.82, 2.24) is 15.3 Å². The van der Waals surface area contributed by atoms with Crippen LogP contribution in [0.25, 0.3) is 0 Å². The number of halogens is 6. The number of alkyl halides is 6. The van der Waals surface area contributed by atoms with Gasteiger partial charge in [-0.05, 0) is 31.2 Å². The monoisotopic (exact) mass is 423 g/mol. The van der Waals surface area contributed by atoms with Gasteiger partial charge in [-0.3, -0.25) is 9.78 Å². The van der Waals surface area contributed by atoms with Crippen LogP contribution >= 0.6 is 0 Å². The predicted molar refractivity (Wildman–Crippen MR) is 87.5 cm³/mol. The number of hydrogen-bond donors (Lipinski definition) is 1. The Labute approximate surface area is 160 Å². The fraction of sp³-hybridized carbons (Fsp3) is 0.353. The van der Waals surface area contributed by atoms with Crippen LogP contribution in [0.2, 0.25) is 0 Å². The minimum atomic E-state index is -4.49. The maximum atomic E-state index is 12.2. The van der Waals surface area contributed by atoms with Crippen molar-refractivity contribution in [2.45, 2.75) is 25.3 Å². The Balaban J connectivity index is 1.91. The van der Waals surface area contributed by atoms with Crippen LogP contribution < -0.4 is 14.8 Å². The molecule has 0 unspecified atom stereocenters. The molecular weight excluding hydrogens is 408 g/mol. The SMILES string of the molecule is C[C@@H](NC(=O)c1ccc(OCC(F)(F)F)cn1)c1ccc(OCC(F)(F)F)cn1. The topological polar surface area (TPSA) is 73.3 Å². The van der Waals surface area contributed by atoms with E-state index in [9.17, 15) is 31.1 Å². The fourth-order valence-corrected chi connectivity index (χ4v) is 2.01. The second kappa shape index (κ2) is 8.97. The van der Waals surface area contributed by atoms with Gasteiger partial charge < -0.3 is 14.8 Å². The number of nitrogens with zero attached hydrogens (tertiary/aromatic N) is 2. The Morgan fingerprint density at radius 3 is 1.86 bits per heavy atom. The standard InChI is InChI=1S/C17H15F6N3O3/c1-10(13-4-2-11(6-24-13)28-8-16(18,19)20)26-15(27)14-5-3-12(7-25-14)29-9-17(21,22)23/h2-7,10H,8-9H2,1H3,(H,26,27)/t10-/m1/s1. The number of nitrogens with one attached hydrogen (secondary N) is 1. The molecule has 6 nitrogen and oxygen atoms in total. The van der Waals surface area contributed by atoms with Gasteiger partial charge in [0.2, 0.25) is 0 Å². The van der Waals surface area contributed by atoms with Crippen molar-refractivity contribution in [3.8, 4) is 11.5 Å². The molecule has 2 rings (SSSR count). The van der Waals surface area contributed by atoms with Gasteiger partial charge in [0.05, 0.1) is 24.1 Å². The van der Waals surface area contributed by atoms with E-state index in [1.807, 2.05) is 0 Å². The lowest BCUT2D eigenvalue weighted by Gasteiger charge is -2.14. The minimum absolute atomic E-state index is 0.0682. The first-order valence-corrected chi connectivity index (χ1v) is 8.05. The number of pyridine rings is 2. The first-order valence-electron chi connectivity index (χ1n) is 8.05. The average Bonchev–Trinajstić information content (AvgIpc) is 2.64. The van der Waals surface area contributed by atoms with Crippen LogP contribution in [0.15, 0.2) is 36.7 Å². The van der Waals surface area contributed by atoms with Crippen molar-refractivity contribution in [2.24, 2.45) is 0 Å². The molecule has 0 spiro atoms. The molecule has 0 aromatic carbocycles. The van der Waals surface area contributed by atoms with Crippen molar-refractivity contribution in [2.75, 3.05) is 13.2 Å². The largest absolute Gasteiger partial charge is 0.483 e. The number of ether oxygens (including phenoxy) is 2. The summed E-state index contributed by atoms with van der Waals surface area (Å²) in [7, 11) is 0. The summed E-state index contributed by atoms with van der Waals surface area (Å²) in [5.74, 6) is -0.859. The molecule has 12 heteroatoms. The zero-order valence-electron chi connectivity index (χ0n) is 14.8. The summed E-state index contributed by atoms with van der Waals surface area (Å²) in [6, 6.07) is 4.40. The van der Waals surface area contributed by atoms with Crippen molar-refractivity contribution in [3.05, 3.63) is 48.0 Å². The van der Waals surface area contributed by atoms with Gasteiger partial charge in [-0.15, -0.1) is 0 Å². The lowest BCUT2D eigenvalue weighted by atomic mass is 10.2. The Morgan fingerprint density at radius 2 is 1.45 bits per heavy atom. The highest BCUT2D eigenvalue weighted by Crippen LogP contribution is 2.20. The van der Waals surface area contributed by atoms with Crippen LogP contribution in [-0.4, -0.2) is 41.4 Å². The van der Waals surface area contributed by atoms with E-state index in [-0.39, 0.29) is 17.2 Å². The van der Waals surface area contributed by atoms with E-state index in [2.05, 4.69) is 24.8 Å². The highest BCUT2D eigenvalue weighted by atomic mass is 19.4. The molecular formula is C17H15F6N3O3. The average molecular weight is 423 g/mol. The van der Waals surface area contributed by atoms with Crippen LogP contribution in [0.3, 0.4) is 0 Å². The van der Waals surface area contributed by atoms with Gasteiger partial charge in [-0.2, -0.15) is 26.3 Å². The highest BCUT2D eigenvalue weighted by molar-refractivity contribution is 5.92. The van der Waals surface area contributed by atoms with Gasteiger partial charge >= 0.3 is 12.4 Å². The van der Waals surface area contributed by atoms with Gasteiger partial charge in [0.1, 0.15) is 17.2 Å². The number of rotatable bonds is 7. The lowest BCUT2D eigenvalue weighted by molar-refractivity contribution is -0.154. The second-order valence-electron chi connectivity index (χ2n) is 5.80. The third-order valence-electron chi connectivity index (χ3n) is 3.32. The molecule has 158 valence electrons. The van der Waals surface area contributed by atoms with Gasteiger partial charge in [0.25, 0.3) is 5.91 Å². The molecule has 2 heterocycles. The Bertz CT molecular complexity index is 807. The Kier molecular flexibility index (Phi) is 6.88. The summed E-state index contributed by atoms with van der Waals surface area (Å²) in [5.41, 5.74) is 0.282. The number of carbonyl (C=O) groups excluding carboxylic acids is 1. The van der Waals surface area contributed by atoms with Crippen molar-refractivity contribution in [1.29, 1.82) is 0 Å². The van der Waals surface area contributed by atoms with Gasteiger partial charge in [-0.25, -0.2) is 4.98 Å². The maximum Gasteiger partial charge on any atom is 0.422 e. The van der Waals surface area contributed by atoms with Crippen LogP contribution in [0.5, 0.6) is 11.5 Å². The third-order valence-corrected chi connectivity index (χ3v) is 3.32. The summed E-state index contributed by atoms with van der Waals surface area (Å²) in [4.78, 5) is 19.8. The molecule has 0 radical (unpaired) electrons. The molecule has 1 atom stereocenters. The maximum absolute atomic E-state index is 12.2. The number of aromatic nitrogens is 2. The van der Waals surface area contributed by atoms with Crippen molar-refractivity contribution in [3.63, 3.8) is 0 Å². The molecule has 0 aliphatic rings. The van der Waals surface area contributed by atoms with E-state index in [0.29, 0.717) is 5.69 Å². The molecule has 2 aromatic rings.